The van der Waals surface area contributed by atoms with Crippen LogP contribution in [0, 0.1) is 0 Å². The average Bonchev–Trinajstić information content (AvgIpc) is 2.06. The fourth-order valence-corrected chi connectivity index (χ4v) is 2.03. The number of nitrogens with zero attached hydrogens (tertiary/aromatic N) is 2. The molecule has 2 rings (SSSR count). The summed E-state index contributed by atoms with van der Waals surface area (Å²) in [6.45, 7) is 0. The Morgan fingerprint density at radius 1 is 1.15 bits per heavy atom. The molecule has 0 atom stereocenters. The monoisotopic (exact) mass is 277 g/mol. The second-order valence-electron chi connectivity index (χ2n) is 2.46. The number of aromatic nitrogens is 2. The molecular weight excluding hydrogens is 274 g/mol. The third kappa shape index (κ3) is 1.79. The molecule has 1 aromatic carbocycles. The molecule has 2 nitrogen and oxygen atoms in total. The Bertz CT molecular complexity index is 473. The van der Waals surface area contributed by atoms with Gasteiger partial charge in [-0.2, -0.15) is 0 Å². The van der Waals surface area contributed by atoms with Gasteiger partial charge in [0.15, 0.2) is 0 Å². The van der Waals surface area contributed by atoms with Crippen molar-refractivity contribution in [1.82, 2.24) is 9.97 Å². The molecule has 0 bridgehead atoms. The fourth-order valence-electron chi connectivity index (χ4n) is 1.05. The van der Waals surface area contributed by atoms with E-state index in [1.54, 1.807) is 12.1 Å². The first-order valence-corrected chi connectivity index (χ1v) is 5.08. The molecule has 65 valence electrons. The third-order valence-electron chi connectivity index (χ3n) is 1.60. The molecule has 0 saturated heterocycles. The van der Waals surface area contributed by atoms with Gasteiger partial charge in [0.1, 0.15) is 0 Å². The van der Waals surface area contributed by atoms with Gasteiger partial charge in [-0.05, 0) is 0 Å². The van der Waals surface area contributed by atoms with Gasteiger partial charge in [-0.3, -0.25) is 0 Å². The zero-order valence-corrected chi connectivity index (χ0v) is 9.52. The van der Waals surface area contributed by atoms with Crippen LogP contribution in [0.5, 0.6) is 0 Å². The van der Waals surface area contributed by atoms with Crippen LogP contribution < -0.4 is 4.59 Å². The minimum absolute atomic E-state index is 0.239. The van der Waals surface area contributed by atoms with Gasteiger partial charge in [0, 0.05) is 0 Å². The number of fused-ring (bicyclic) bond motifs is 1. The van der Waals surface area contributed by atoms with Crippen LogP contribution in [0.4, 0.5) is 0 Å². The Kier molecular flexibility index (Phi) is 2.43. The summed E-state index contributed by atoms with van der Waals surface area (Å²) in [5.74, 6) is 0. The van der Waals surface area contributed by atoms with Gasteiger partial charge in [-0.25, -0.2) is 0 Å². The van der Waals surface area contributed by atoms with Crippen LogP contribution in [-0.4, -0.2) is 26.0 Å². The number of hydrogen-bond donors (Lipinski definition) is 0. The van der Waals surface area contributed by atoms with Crippen LogP contribution in [0.2, 0.25) is 10.3 Å². The van der Waals surface area contributed by atoms with Gasteiger partial charge in [0.2, 0.25) is 0 Å². The predicted molar refractivity (Wildman–Crippen MR) is 54.9 cm³/mol. The molecule has 0 amide bonds. The average molecular weight is 277 g/mol. The summed E-state index contributed by atoms with van der Waals surface area (Å²) < 4.78 is 0.720. The van der Waals surface area contributed by atoms with Gasteiger partial charge >= 0.3 is 93.2 Å². The zero-order valence-electron chi connectivity index (χ0n) is 6.29. The van der Waals surface area contributed by atoms with Gasteiger partial charge in [0.05, 0.1) is 0 Å². The molecule has 1 heterocycles. The predicted octanol–water partition coefficient (Wildman–Crippen LogP) is 1.73. The molecule has 2 aromatic rings. The van der Waals surface area contributed by atoms with Crippen molar-refractivity contribution in [2.75, 3.05) is 0 Å². The van der Waals surface area contributed by atoms with Crippen LogP contribution in [0.25, 0.3) is 10.9 Å². The molecule has 0 N–H and O–H groups in total. The van der Waals surface area contributed by atoms with Gasteiger partial charge in [-0.15, -0.1) is 0 Å². The standard InChI is InChI=1S/C8H3Cl2N2Se/c9-4-1-2-6-5(3-4)7(13)12-8(10)11-6/h1-3H. The Morgan fingerprint density at radius 3 is 2.69 bits per heavy atom. The van der Waals surface area contributed by atoms with E-state index in [2.05, 4.69) is 26.0 Å². The number of rotatable bonds is 0. The molecule has 1 radical (unpaired) electrons. The van der Waals surface area contributed by atoms with Crippen molar-refractivity contribution in [1.29, 1.82) is 0 Å². The van der Waals surface area contributed by atoms with Crippen molar-refractivity contribution < 1.29 is 0 Å². The molecule has 0 saturated carbocycles. The quantitative estimate of drug-likeness (QED) is 0.541. The number of halogens is 2. The summed E-state index contributed by atoms with van der Waals surface area (Å²) >= 11 is 14.3. The summed E-state index contributed by atoms with van der Waals surface area (Å²) in [6, 6.07) is 5.39. The third-order valence-corrected chi connectivity index (χ3v) is 2.65. The molecule has 0 aliphatic carbocycles. The van der Waals surface area contributed by atoms with Crippen LogP contribution >= 0.6 is 23.2 Å². The maximum absolute atomic E-state index is 5.83. The van der Waals surface area contributed by atoms with Crippen molar-refractivity contribution in [2.24, 2.45) is 0 Å². The van der Waals surface area contributed by atoms with Crippen molar-refractivity contribution in [2.45, 2.75) is 0 Å². The maximum atomic E-state index is 5.83. The first-order valence-electron chi connectivity index (χ1n) is 3.46. The number of benzene rings is 1. The van der Waals surface area contributed by atoms with Crippen molar-refractivity contribution >= 4 is 54.7 Å². The minimum atomic E-state index is 0.239. The molecule has 0 aliphatic heterocycles. The van der Waals surface area contributed by atoms with Gasteiger partial charge < -0.3 is 0 Å². The van der Waals surface area contributed by atoms with Crippen molar-refractivity contribution in [3.63, 3.8) is 0 Å². The van der Waals surface area contributed by atoms with E-state index in [9.17, 15) is 0 Å². The topological polar surface area (TPSA) is 25.8 Å². The van der Waals surface area contributed by atoms with E-state index in [0.29, 0.717) is 5.02 Å². The van der Waals surface area contributed by atoms with Crippen LogP contribution in [0.3, 0.4) is 0 Å². The molecular formula is C8H3Cl2N2Se. The van der Waals surface area contributed by atoms with Crippen LogP contribution in [-0.2, 0) is 0 Å². The van der Waals surface area contributed by atoms with E-state index in [1.165, 1.54) is 0 Å². The van der Waals surface area contributed by atoms with E-state index in [0.717, 1.165) is 15.5 Å². The van der Waals surface area contributed by atoms with E-state index in [-0.39, 0.29) is 5.28 Å². The summed E-state index contributed by atoms with van der Waals surface area (Å²) in [5.41, 5.74) is 0.790. The summed E-state index contributed by atoms with van der Waals surface area (Å²) in [7, 11) is 0. The van der Waals surface area contributed by atoms with Crippen LogP contribution in [0.15, 0.2) is 18.2 Å². The molecule has 1 aromatic heterocycles. The Balaban J connectivity index is 2.87. The van der Waals surface area contributed by atoms with Gasteiger partial charge in [-0.1, -0.05) is 0 Å². The summed E-state index contributed by atoms with van der Waals surface area (Å²) in [6.07, 6.45) is 0. The number of hydrogen-bond acceptors (Lipinski definition) is 2. The van der Waals surface area contributed by atoms with E-state index < -0.39 is 0 Å². The molecule has 13 heavy (non-hydrogen) atoms. The molecule has 0 aliphatic rings. The Morgan fingerprint density at radius 2 is 1.92 bits per heavy atom. The molecule has 0 unspecified atom stereocenters. The molecule has 5 heteroatoms. The van der Waals surface area contributed by atoms with Crippen molar-refractivity contribution in [3.05, 3.63) is 28.5 Å². The van der Waals surface area contributed by atoms with Crippen LogP contribution in [0.1, 0.15) is 0 Å². The Labute approximate surface area is 93.1 Å². The normalized spacial score (nSPS) is 10.6. The zero-order chi connectivity index (χ0) is 9.42. The van der Waals surface area contributed by atoms with E-state index in [4.69, 9.17) is 23.2 Å². The van der Waals surface area contributed by atoms with Gasteiger partial charge in [0.25, 0.3) is 0 Å². The summed E-state index contributed by atoms with van der Waals surface area (Å²) in [4.78, 5) is 8.04. The fraction of sp³-hybridized carbons (Fsp3) is 0. The molecule has 0 fully saturated rings. The first kappa shape index (κ1) is 9.22. The van der Waals surface area contributed by atoms with Crippen molar-refractivity contribution in [3.8, 4) is 0 Å². The SMILES string of the molecule is Clc1ccc2nc(Cl)nc([Se])c2c1. The first-order chi connectivity index (χ1) is 6.16. The van der Waals surface area contributed by atoms with E-state index in [1.807, 2.05) is 6.07 Å². The van der Waals surface area contributed by atoms with E-state index >= 15 is 0 Å². The Hall–Kier alpha value is -0.341. The second-order valence-corrected chi connectivity index (χ2v) is 4.05. The molecule has 0 spiro atoms. The second kappa shape index (κ2) is 3.43. The summed E-state index contributed by atoms with van der Waals surface area (Å²) in [5, 5.41) is 1.79.